The summed E-state index contributed by atoms with van der Waals surface area (Å²) < 4.78 is 1.83. The van der Waals surface area contributed by atoms with Crippen LogP contribution in [0.3, 0.4) is 0 Å². The SMILES string of the molecule is Cc1ccc(-c2nc3ccc(C)cn3c2C(=O)N2CCCC(C(=O)O)C2)cc1. The van der Waals surface area contributed by atoms with Crippen LogP contribution in [-0.4, -0.2) is 44.4 Å². The number of hydrogen-bond acceptors (Lipinski definition) is 3. The molecule has 1 saturated heterocycles. The second-order valence-corrected chi connectivity index (χ2v) is 7.54. The van der Waals surface area contributed by atoms with Crippen LogP contribution in [0.25, 0.3) is 16.9 Å². The van der Waals surface area contributed by atoms with Crippen molar-refractivity contribution < 1.29 is 14.7 Å². The van der Waals surface area contributed by atoms with Gasteiger partial charge in [-0.15, -0.1) is 0 Å². The molecule has 1 unspecified atom stereocenters. The van der Waals surface area contributed by atoms with Crippen molar-refractivity contribution in [2.45, 2.75) is 26.7 Å². The van der Waals surface area contributed by atoms with Gasteiger partial charge >= 0.3 is 5.97 Å². The highest BCUT2D eigenvalue weighted by atomic mass is 16.4. The van der Waals surface area contributed by atoms with Crippen molar-refractivity contribution in [1.82, 2.24) is 14.3 Å². The molecule has 3 aromatic rings. The minimum absolute atomic E-state index is 0.167. The molecule has 6 nitrogen and oxygen atoms in total. The molecular formula is C22H23N3O3. The van der Waals surface area contributed by atoms with E-state index in [0.717, 1.165) is 16.7 Å². The molecule has 0 spiro atoms. The fraction of sp³-hybridized carbons (Fsp3) is 0.318. The average Bonchev–Trinajstić information content (AvgIpc) is 3.06. The van der Waals surface area contributed by atoms with Crippen molar-refractivity contribution in [1.29, 1.82) is 0 Å². The van der Waals surface area contributed by atoms with Gasteiger partial charge in [0.1, 0.15) is 17.0 Å². The predicted octanol–water partition coefficient (Wildman–Crippen LogP) is 3.55. The number of piperidine rings is 1. The number of benzene rings is 1. The van der Waals surface area contributed by atoms with Crippen LogP contribution >= 0.6 is 0 Å². The molecule has 144 valence electrons. The van der Waals surface area contributed by atoms with E-state index in [0.29, 0.717) is 36.4 Å². The molecule has 0 bridgehead atoms. The highest BCUT2D eigenvalue weighted by Crippen LogP contribution is 2.28. The maximum absolute atomic E-state index is 13.5. The number of aryl methyl sites for hydroxylation is 2. The number of carbonyl (C=O) groups excluding carboxylic acids is 1. The highest BCUT2D eigenvalue weighted by molar-refractivity contribution is 6.00. The fourth-order valence-electron chi connectivity index (χ4n) is 3.78. The minimum Gasteiger partial charge on any atom is -0.481 e. The average molecular weight is 377 g/mol. The summed E-state index contributed by atoms with van der Waals surface area (Å²) in [6.07, 6.45) is 3.21. The van der Waals surface area contributed by atoms with E-state index in [-0.39, 0.29) is 12.5 Å². The van der Waals surface area contributed by atoms with E-state index < -0.39 is 11.9 Å². The summed E-state index contributed by atoms with van der Waals surface area (Å²) in [5.41, 5.74) is 4.87. The summed E-state index contributed by atoms with van der Waals surface area (Å²) in [5, 5.41) is 9.38. The van der Waals surface area contributed by atoms with Gasteiger partial charge in [-0.05, 0) is 38.3 Å². The lowest BCUT2D eigenvalue weighted by Crippen LogP contribution is -2.42. The molecule has 4 rings (SSSR count). The Kier molecular flexibility index (Phi) is 4.63. The molecule has 2 aromatic heterocycles. The van der Waals surface area contributed by atoms with E-state index >= 15 is 0 Å². The molecule has 0 saturated carbocycles. The van der Waals surface area contributed by atoms with Crippen molar-refractivity contribution in [3.8, 4) is 11.3 Å². The number of carboxylic acid groups (broad SMARTS) is 1. The number of carbonyl (C=O) groups is 2. The lowest BCUT2D eigenvalue weighted by molar-refractivity contribution is -0.143. The Morgan fingerprint density at radius 3 is 2.50 bits per heavy atom. The van der Waals surface area contributed by atoms with Crippen molar-refractivity contribution in [2.24, 2.45) is 5.92 Å². The lowest BCUT2D eigenvalue weighted by Gasteiger charge is -2.30. The second-order valence-electron chi connectivity index (χ2n) is 7.54. The monoisotopic (exact) mass is 377 g/mol. The Balaban J connectivity index is 1.83. The first-order valence-electron chi connectivity index (χ1n) is 9.52. The molecule has 0 radical (unpaired) electrons. The van der Waals surface area contributed by atoms with Gasteiger partial charge in [0, 0.05) is 24.8 Å². The first-order valence-corrected chi connectivity index (χ1v) is 9.52. The van der Waals surface area contributed by atoms with Crippen molar-refractivity contribution in [3.05, 3.63) is 59.4 Å². The summed E-state index contributed by atoms with van der Waals surface area (Å²) in [4.78, 5) is 31.3. The molecule has 1 N–H and O–H groups in total. The Hall–Kier alpha value is -3.15. The van der Waals surface area contributed by atoms with Crippen LogP contribution in [0.2, 0.25) is 0 Å². The third kappa shape index (κ3) is 3.26. The molecule has 0 aliphatic carbocycles. The number of aromatic nitrogens is 2. The molecule has 1 aromatic carbocycles. The van der Waals surface area contributed by atoms with E-state index in [1.165, 1.54) is 0 Å². The van der Waals surface area contributed by atoms with E-state index in [1.54, 1.807) is 4.90 Å². The number of fused-ring (bicyclic) bond motifs is 1. The number of hydrogen-bond donors (Lipinski definition) is 1. The van der Waals surface area contributed by atoms with Crippen LogP contribution < -0.4 is 0 Å². The normalized spacial score (nSPS) is 17.1. The van der Waals surface area contributed by atoms with Crippen molar-refractivity contribution >= 4 is 17.5 Å². The first kappa shape index (κ1) is 18.2. The van der Waals surface area contributed by atoms with Gasteiger partial charge in [0.15, 0.2) is 0 Å². The van der Waals surface area contributed by atoms with Crippen LogP contribution in [0, 0.1) is 19.8 Å². The number of carboxylic acids is 1. The van der Waals surface area contributed by atoms with Gasteiger partial charge in [-0.3, -0.25) is 14.0 Å². The van der Waals surface area contributed by atoms with Gasteiger partial charge in [-0.1, -0.05) is 35.9 Å². The van der Waals surface area contributed by atoms with E-state index in [4.69, 9.17) is 4.98 Å². The van der Waals surface area contributed by atoms with Crippen molar-refractivity contribution in [2.75, 3.05) is 13.1 Å². The number of pyridine rings is 1. The number of amides is 1. The third-order valence-corrected chi connectivity index (χ3v) is 5.35. The van der Waals surface area contributed by atoms with Crippen LogP contribution in [-0.2, 0) is 4.79 Å². The van der Waals surface area contributed by atoms with Crippen LogP contribution in [0.1, 0.15) is 34.5 Å². The Labute approximate surface area is 163 Å². The topological polar surface area (TPSA) is 74.9 Å². The first-order chi connectivity index (χ1) is 13.4. The molecule has 6 heteroatoms. The molecule has 1 aliphatic heterocycles. The maximum Gasteiger partial charge on any atom is 0.308 e. The molecule has 1 atom stereocenters. The molecule has 28 heavy (non-hydrogen) atoms. The highest BCUT2D eigenvalue weighted by Gasteiger charge is 2.31. The van der Waals surface area contributed by atoms with Crippen molar-refractivity contribution in [3.63, 3.8) is 0 Å². The summed E-state index contributed by atoms with van der Waals surface area (Å²) >= 11 is 0. The Bertz CT molecular complexity index is 1050. The zero-order valence-electron chi connectivity index (χ0n) is 16.1. The second kappa shape index (κ2) is 7.11. The Morgan fingerprint density at radius 1 is 1.07 bits per heavy atom. The molecule has 1 aliphatic rings. The molecule has 3 heterocycles. The zero-order valence-corrected chi connectivity index (χ0v) is 16.1. The van der Waals surface area contributed by atoms with Crippen LogP contribution in [0.5, 0.6) is 0 Å². The number of likely N-dealkylation sites (tertiary alicyclic amines) is 1. The van der Waals surface area contributed by atoms with Gasteiger partial charge < -0.3 is 10.0 Å². The summed E-state index contributed by atoms with van der Waals surface area (Å²) in [7, 11) is 0. The van der Waals surface area contributed by atoms with Gasteiger partial charge in [0.25, 0.3) is 5.91 Å². The maximum atomic E-state index is 13.5. The molecule has 1 fully saturated rings. The Morgan fingerprint density at radius 2 is 1.79 bits per heavy atom. The lowest BCUT2D eigenvalue weighted by atomic mass is 9.97. The summed E-state index contributed by atoms with van der Waals surface area (Å²) in [6.45, 7) is 4.79. The van der Waals surface area contributed by atoms with E-state index in [1.807, 2.05) is 60.8 Å². The standard InChI is InChI=1S/C22H23N3O3/c1-14-5-8-16(9-6-14)19-20(25-12-15(2)7-10-18(25)23-19)21(26)24-11-3-4-17(13-24)22(27)28/h5-10,12,17H,3-4,11,13H2,1-2H3,(H,27,28). The molecule has 1 amide bonds. The third-order valence-electron chi connectivity index (χ3n) is 5.35. The fourth-order valence-corrected chi connectivity index (χ4v) is 3.78. The number of rotatable bonds is 3. The number of nitrogens with zero attached hydrogens (tertiary/aromatic N) is 3. The van der Waals surface area contributed by atoms with Gasteiger partial charge in [-0.25, -0.2) is 4.98 Å². The minimum atomic E-state index is -0.842. The summed E-state index contributed by atoms with van der Waals surface area (Å²) in [5.74, 6) is -1.52. The van der Waals surface area contributed by atoms with E-state index in [2.05, 4.69) is 0 Å². The number of aliphatic carboxylic acids is 1. The number of imidazole rings is 1. The van der Waals surface area contributed by atoms with Gasteiger partial charge in [0.2, 0.25) is 0 Å². The zero-order chi connectivity index (χ0) is 19.8. The van der Waals surface area contributed by atoms with Gasteiger partial charge in [0.05, 0.1) is 5.92 Å². The predicted molar refractivity (Wildman–Crippen MR) is 106 cm³/mol. The largest absolute Gasteiger partial charge is 0.481 e. The van der Waals surface area contributed by atoms with Crippen LogP contribution in [0.4, 0.5) is 0 Å². The van der Waals surface area contributed by atoms with Gasteiger partial charge in [-0.2, -0.15) is 0 Å². The smallest absolute Gasteiger partial charge is 0.308 e. The van der Waals surface area contributed by atoms with E-state index in [9.17, 15) is 14.7 Å². The van der Waals surface area contributed by atoms with Crippen LogP contribution in [0.15, 0.2) is 42.6 Å². The molecular weight excluding hydrogens is 354 g/mol. The summed E-state index contributed by atoms with van der Waals surface area (Å²) in [6, 6.07) is 11.8. The quantitative estimate of drug-likeness (QED) is 0.757.